The van der Waals surface area contributed by atoms with E-state index in [4.69, 9.17) is 0 Å². The van der Waals surface area contributed by atoms with Crippen LogP contribution in [0.4, 0.5) is 0 Å². The number of nitrogens with zero attached hydrogens (tertiary/aromatic N) is 1. The lowest BCUT2D eigenvalue weighted by molar-refractivity contribution is -0.132. The van der Waals surface area contributed by atoms with Gasteiger partial charge < -0.3 is 10.0 Å². The van der Waals surface area contributed by atoms with Crippen molar-refractivity contribution in [1.82, 2.24) is 4.90 Å². The fourth-order valence-corrected chi connectivity index (χ4v) is 3.66. The van der Waals surface area contributed by atoms with Crippen molar-refractivity contribution in [2.45, 2.75) is 31.7 Å². The summed E-state index contributed by atoms with van der Waals surface area (Å²) in [5.41, 5.74) is 2.40. The summed E-state index contributed by atoms with van der Waals surface area (Å²) in [6.07, 6.45) is 5.30. The summed E-state index contributed by atoms with van der Waals surface area (Å²) in [5, 5.41) is 9.53. The highest BCUT2D eigenvalue weighted by Crippen LogP contribution is 2.38. The quantitative estimate of drug-likeness (QED) is 0.757. The molecule has 1 heterocycles. The number of aryl methyl sites for hydroxylation is 1. The number of hydrogen-bond acceptors (Lipinski definition) is 2. The van der Waals surface area contributed by atoms with Gasteiger partial charge in [0.25, 0.3) is 0 Å². The molecule has 0 spiro atoms. The summed E-state index contributed by atoms with van der Waals surface area (Å²) in [7, 11) is 0. The standard InChI is InChI=1S/C22H25NO2/c1-2-7-19-16-21(18-11-13-20(24)14-12-18)23(22(19)25)15-6-10-17-8-4-3-5-9-17/h2-5,8-9,11-14,19,21,24H,1,6-7,10,15-16H2/t19-,21+/m0/s1. The minimum absolute atomic E-state index is 0.0213. The lowest BCUT2D eigenvalue weighted by Crippen LogP contribution is -2.30. The van der Waals surface area contributed by atoms with Crippen LogP contribution < -0.4 is 0 Å². The predicted molar refractivity (Wildman–Crippen MR) is 100 cm³/mol. The lowest BCUT2D eigenvalue weighted by atomic mass is 9.97. The minimum atomic E-state index is 0.0213. The Bertz CT molecular complexity index is 709. The zero-order valence-electron chi connectivity index (χ0n) is 14.5. The highest BCUT2D eigenvalue weighted by Gasteiger charge is 2.38. The SMILES string of the molecule is C=CC[C@H]1C[C@H](c2ccc(O)cc2)N(CCCc2ccccc2)C1=O. The maximum absolute atomic E-state index is 12.8. The van der Waals surface area contributed by atoms with Gasteiger partial charge in [-0.3, -0.25) is 4.79 Å². The Morgan fingerprint density at radius 1 is 1.12 bits per heavy atom. The van der Waals surface area contributed by atoms with Crippen molar-refractivity contribution in [2.75, 3.05) is 6.54 Å². The molecule has 1 saturated heterocycles. The summed E-state index contributed by atoms with van der Waals surface area (Å²) in [6, 6.07) is 17.7. The number of aromatic hydroxyl groups is 1. The molecule has 3 nitrogen and oxygen atoms in total. The van der Waals surface area contributed by atoms with Gasteiger partial charge in [0.1, 0.15) is 5.75 Å². The first-order valence-electron chi connectivity index (χ1n) is 8.93. The molecule has 1 aliphatic heterocycles. The second-order valence-corrected chi connectivity index (χ2v) is 6.69. The van der Waals surface area contributed by atoms with Crippen molar-refractivity contribution >= 4 is 5.91 Å². The van der Waals surface area contributed by atoms with Crippen LogP contribution in [0.15, 0.2) is 67.3 Å². The molecule has 25 heavy (non-hydrogen) atoms. The van der Waals surface area contributed by atoms with Crippen LogP contribution in [0, 0.1) is 5.92 Å². The number of rotatable bonds is 7. The minimum Gasteiger partial charge on any atom is -0.508 e. The lowest BCUT2D eigenvalue weighted by Gasteiger charge is -2.25. The molecule has 1 fully saturated rings. The van der Waals surface area contributed by atoms with Crippen LogP contribution in [0.25, 0.3) is 0 Å². The van der Waals surface area contributed by atoms with Gasteiger partial charge in [-0.1, -0.05) is 48.5 Å². The first-order valence-corrected chi connectivity index (χ1v) is 8.93. The average molecular weight is 335 g/mol. The summed E-state index contributed by atoms with van der Waals surface area (Å²) in [5.74, 6) is 0.505. The van der Waals surface area contributed by atoms with Crippen LogP contribution in [0.3, 0.4) is 0 Å². The second kappa shape index (κ2) is 8.02. The Labute approximate surface area is 149 Å². The Morgan fingerprint density at radius 2 is 1.84 bits per heavy atom. The van der Waals surface area contributed by atoms with Crippen molar-refractivity contribution in [3.05, 3.63) is 78.4 Å². The molecule has 2 aromatic carbocycles. The zero-order valence-corrected chi connectivity index (χ0v) is 14.5. The molecule has 0 radical (unpaired) electrons. The molecule has 0 aliphatic carbocycles. The van der Waals surface area contributed by atoms with Crippen LogP contribution >= 0.6 is 0 Å². The molecular formula is C22H25NO2. The van der Waals surface area contributed by atoms with E-state index in [-0.39, 0.29) is 23.6 Å². The predicted octanol–water partition coefficient (Wildman–Crippen LogP) is 4.49. The summed E-state index contributed by atoms with van der Waals surface area (Å²) in [4.78, 5) is 14.8. The van der Waals surface area contributed by atoms with E-state index in [0.717, 1.165) is 37.8 Å². The topological polar surface area (TPSA) is 40.5 Å². The molecule has 130 valence electrons. The van der Waals surface area contributed by atoms with Crippen LogP contribution in [0.1, 0.15) is 36.4 Å². The molecule has 1 aliphatic rings. The van der Waals surface area contributed by atoms with Gasteiger partial charge in [0.15, 0.2) is 0 Å². The summed E-state index contributed by atoms with van der Waals surface area (Å²) >= 11 is 0. The van der Waals surface area contributed by atoms with Gasteiger partial charge in [-0.2, -0.15) is 0 Å². The monoisotopic (exact) mass is 335 g/mol. The summed E-state index contributed by atoms with van der Waals surface area (Å²) < 4.78 is 0. The molecule has 3 rings (SSSR count). The number of amides is 1. The van der Waals surface area contributed by atoms with Crippen molar-refractivity contribution in [3.8, 4) is 5.75 Å². The second-order valence-electron chi connectivity index (χ2n) is 6.69. The average Bonchev–Trinajstić information content (AvgIpc) is 2.93. The Hall–Kier alpha value is -2.55. The van der Waals surface area contributed by atoms with Crippen LogP contribution in [-0.2, 0) is 11.2 Å². The van der Waals surface area contributed by atoms with E-state index in [1.807, 2.05) is 29.2 Å². The maximum Gasteiger partial charge on any atom is 0.226 e. The zero-order chi connectivity index (χ0) is 17.6. The van der Waals surface area contributed by atoms with E-state index in [2.05, 4.69) is 30.8 Å². The molecule has 0 saturated carbocycles. The smallest absolute Gasteiger partial charge is 0.226 e. The highest BCUT2D eigenvalue weighted by atomic mass is 16.3. The highest BCUT2D eigenvalue weighted by molar-refractivity contribution is 5.82. The number of phenols is 1. The van der Waals surface area contributed by atoms with Gasteiger partial charge in [0.05, 0.1) is 6.04 Å². The van der Waals surface area contributed by atoms with Crippen LogP contribution in [0.2, 0.25) is 0 Å². The van der Waals surface area contributed by atoms with E-state index in [1.165, 1.54) is 5.56 Å². The van der Waals surface area contributed by atoms with Crippen LogP contribution in [0.5, 0.6) is 5.75 Å². The molecule has 1 amide bonds. The summed E-state index contributed by atoms with van der Waals surface area (Å²) in [6.45, 7) is 4.55. The molecule has 0 bridgehead atoms. The first kappa shape index (κ1) is 17.3. The third-order valence-corrected chi connectivity index (χ3v) is 4.95. The van der Waals surface area contributed by atoms with Gasteiger partial charge in [-0.25, -0.2) is 0 Å². The van der Waals surface area contributed by atoms with Gasteiger partial charge in [-0.15, -0.1) is 6.58 Å². The number of likely N-dealkylation sites (tertiary alicyclic amines) is 1. The Kier molecular flexibility index (Phi) is 5.54. The molecule has 2 aromatic rings. The maximum atomic E-state index is 12.8. The molecule has 1 N–H and O–H groups in total. The number of carbonyl (C=O) groups excluding carboxylic acids is 1. The van der Waals surface area contributed by atoms with Gasteiger partial charge in [-0.05, 0) is 48.9 Å². The number of allylic oxidation sites excluding steroid dienone is 1. The van der Waals surface area contributed by atoms with E-state index in [0.29, 0.717) is 0 Å². The fraction of sp³-hybridized carbons (Fsp3) is 0.318. The largest absolute Gasteiger partial charge is 0.508 e. The van der Waals surface area contributed by atoms with Crippen molar-refractivity contribution in [3.63, 3.8) is 0 Å². The molecule has 3 heteroatoms. The van der Waals surface area contributed by atoms with Crippen molar-refractivity contribution < 1.29 is 9.90 Å². The normalized spacial score (nSPS) is 20.0. The number of carbonyl (C=O) groups is 1. The Morgan fingerprint density at radius 3 is 2.52 bits per heavy atom. The van der Waals surface area contributed by atoms with Crippen LogP contribution in [-0.4, -0.2) is 22.5 Å². The van der Waals surface area contributed by atoms with E-state index >= 15 is 0 Å². The number of benzene rings is 2. The van der Waals surface area contributed by atoms with Gasteiger partial charge in [0, 0.05) is 12.5 Å². The van der Waals surface area contributed by atoms with Gasteiger partial charge >= 0.3 is 0 Å². The number of hydrogen-bond donors (Lipinski definition) is 1. The van der Waals surface area contributed by atoms with E-state index in [9.17, 15) is 9.90 Å². The first-order chi connectivity index (χ1) is 12.2. The third kappa shape index (κ3) is 4.11. The van der Waals surface area contributed by atoms with E-state index < -0.39 is 0 Å². The number of phenolic OH excluding ortho intramolecular Hbond substituents is 1. The van der Waals surface area contributed by atoms with E-state index in [1.54, 1.807) is 12.1 Å². The molecule has 2 atom stereocenters. The fourth-order valence-electron chi connectivity index (χ4n) is 3.66. The van der Waals surface area contributed by atoms with Crippen molar-refractivity contribution in [1.29, 1.82) is 0 Å². The molecule has 0 unspecified atom stereocenters. The van der Waals surface area contributed by atoms with Crippen molar-refractivity contribution in [2.24, 2.45) is 5.92 Å². The van der Waals surface area contributed by atoms with Gasteiger partial charge in [0.2, 0.25) is 5.91 Å². The molecule has 0 aromatic heterocycles. The third-order valence-electron chi connectivity index (χ3n) is 4.95. The molecular weight excluding hydrogens is 310 g/mol. The Balaban J connectivity index is 1.71.